The highest BCUT2D eigenvalue weighted by Crippen LogP contribution is 2.29. The maximum absolute atomic E-state index is 11.7. The second-order valence-electron chi connectivity index (χ2n) is 4.80. The van der Waals surface area contributed by atoms with Crippen LogP contribution in [0.2, 0.25) is 0 Å². The second kappa shape index (κ2) is 7.84. The minimum atomic E-state index is -0.208. The molecule has 5 nitrogen and oxygen atoms in total. The maximum Gasteiger partial charge on any atom is 0.315 e. The largest absolute Gasteiger partial charge is 0.467 e. The van der Waals surface area contributed by atoms with Crippen molar-refractivity contribution < 1.29 is 14.3 Å². The lowest BCUT2D eigenvalue weighted by Gasteiger charge is -2.31. The number of carbonyl (C=O) groups is 1. The third-order valence-corrected chi connectivity index (χ3v) is 3.77. The molecule has 0 radical (unpaired) electrons. The normalized spacial score (nSPS) is 11.3. The predicted octanol–water partition coefficient (Wildman–Crippen LogP) is 2.27. The summed E-state index contributed by atoms with van der Waals surface area (Å²) < 4.78 is 5.13. The summed E-state index contributed by atoms with van der Waals surface area (Å²) in [5, 5.41) is 14.7. The van der Waals surface area contributed by atoms with Crippen LogP contribution in [0, 0.1) is 5.41 Å². The van der Waals surface area contributed by atoms with E-state index in [1.54, 1.807) is 12.3 Å². The Morgan fingerprint density at radius 3 is 2.63 bits per heavy atom. The third kappa shape index (κ3) is 4.95. The molecule has 0 aliphatic rings. The molecule has 0 saturated carbocycles. The smallest absolute Gasteiger partial charge is 0.315 e. The van der Waals surface area contributed by atoms with Crippen molar-refractivity contribution in [1.29, 1.82) is 0 Å². The number of hydrogen-bond donors (Lipinski definition) is 3. The van der Waals surface area contributed by atoms with Crippen molar-refractivity contribution in [3.8, 4) is 0 Å². The van der Waals surface area contributed by atoms with Gasteiger partial charge in [-0.15, -0.1) is 0 Å². The molecule has 0 saturated heterocycles. The van der Waals surface area contributed by atoms with Crippen LogP contribution < -0.4 is 10.6 Å². The number of hydrogen-bond acceptors (Lipinski definition) is 3. The Labute approximate surface area is 114 Å². The van der Waals surface area contributed by atoms with Crippen LogP contribution in [-0.2, 0) is 6.54 Å². The molecule has 0 fully saturated rings. The summed E-state index contributed by atoms with van der Waals surface area (Å²) in [6.07, 6.45) is 4.15. The monoisotopic (exact) mass is 268 g/mol. The fraction of sp³-hybridized carbons (Fsp3) is 0.643. The molecule has 1 heterocycles. The third-order valence-electron chi connectivity index (χ3n) is 3.77. The quantitative estimate of drug-likeness (QED) is 0.677. The minimum Gasteiger partial charge on any atom is -0.467 e. The molecular weight excluding hydrogens is 244 g/mol. The summed E-state index contributed by atoms with van der Waals surface area (Å²) in [4.78, 5) is 11.7. The molecule has 0 spiro atoms. The number of nitrogens with one attached hydrogen (secondary N) is 2. The Morgan fingerprint density at radius 2 is 2.11 bits per heavy atom. The molecule has 108 valence electrons. The van der Waals surface area contributed by atoms with Gasteiger partial charge in [0, 0.05) is 13.2 Å². The molecule has 1 aromatic heterocycles. The number of aliphatic hydroxyl groups is 1. The van der Waals surface area contributed by atoms with Crippen LogP contribution in [0.5, 0.6) is 0 Å². The Hall–Kier alpha value is -1.49. The molecule has 2 amide bonds. The fourth-order valence-electron chi connectivity index (χ4n) is 2.09. The highest BCUT2D eigenvalue weighted by Gasteiger charge is 2.25. The molecule has 0 aliphatic heterocycles. The highest BCUT2D eigenvalue weighted by molar-refractivity contribution is 5.73. The molecule has 0 aliphatic carbocycles. The Kier molecular flexibility index (Phi) is 6.42. The average molecular weight is 268 g/mol. The molecular formula is C14H24N2O3. The van der Waals surface area contributed by atoms with Gasteiger partial charge in [-0.2, -0.15) is 0 Å². The molecule has 0 atom stereocenters. The SMILES string of the molecule is CCC(CC)(CCO)CNC(=O)NCc1ccco1. The molecule has 0 aromatic carbocycles. The number of carbonyl (C=O) groups excluding carboxylic acids is 1. The van der Waals surface area contributed by atoms with Gasteiger partial charge >= 0.3 is 6.03 Å². The van der Waals surface area contributed by atoms with Crippen molar-refractivity contribution in [3.05, 3.63) is 24.2 Å². The molecule has 5 heteroatoms. The van der Waals surface area contributed by atoms with Crippen LogP contribution >= 0.6 is 0 Å². The molecule has 3 N–H and O–H groups in total. The number of aliphatic hydroxyl groups excluding tert-OH is 1. The van der Waals surface area contributed by atoms with Crippen molar-refractivity contribution in [2.45, 2.75) is 39.7 Å². The van der Waals surface area contributed by atoms with Crippen LogP contribution in [0.4, 0.5) is 4.79 Å². The van der Waals surface area contributed by atoms with Gasteiger partial charge in [-0.25, -0.2) is 4.79 Å². The lowest BCUT2D eigenvalue weighted by Crippen LogP contribution is -2.42. The Bertz CT molecular complexity index is 359. The molecule has 0 bridgehead atoms. The van der Waals surface area contributed by atoms with Crippen molar-refractivity contribution in [3.63, 3.8) is 0 Å². The number of furan rings is 1. The van der Waals surface area contributed by atoms with Crippen LogP contribution in [0.3, 0.4) is 0 Å². The molecule has 0 unspecified atom stereocenters. The summed E-state index contributed by atoms with van der Waals surface area (Å²) in [5.74, 6) is 0.725. The first kappa shape index (κ1) is 15.6. The Morgan fingerprint density at radius 1 is 1.37 bits per heavy atom. The minimum absolute atomic E-state index is 0.0171. The average Bonchev–Trinajstić information content (AvgIpc) is 2.94. The predicted molar refractivity (Wildman–Crippen MR) is 73.7 cm³/mol. The van der Waals surface area contributed by atoms with Crippen molar-refractivity contribution in [2.75, 3.05) is 13.2 Å². The molecule has 1 rings (SSSR count). The van der Waals surface area contributed by atoms with E-state index in [4.69, 9.17) is 9.52 Å². The number of amides is 2. The molecule has 1 aromatic rings. The van der Waals surface area contributed by atoms with Gasteiger partial charge in [-0.05, 0) is 36.8 Å². The number of urea groups is 1. The summed E-state index contributed by atoms with van der Waals surface area (Å²) in [6, 6.07) is 3.39. The fourth-order valence-corrected chi connectivity index (χ4v) is 2.09. The van der Waals surface area contributed by atoms with E-state index in [-0.39, 0.29) is 18.1 Å². The Balaban J connectivity index is 2.35. The van der Waals surface area contributed by atoms with Gasteiger partial charge in [0.1, 0.15) is 5.76 Å². The van der Waals surface area contributed by atoms with Gasteiger partial charge in [0.15, 0.2) is 0 Å². The van der Waals surface area contributed by atoms with E-state index in [9.17, 15) is 4.79 Å². The van der Waals surface area contributed by atoms with Crippen molar-refractivity contribution >= 4 is 6.03 Å². The van der Waals surface area contributed by atoms with E-state index in [1.165, 1.54) is 0 Å². The van der Waals surface area contributed by atoms with Crippen LogP contribution in [0.1, 0.15) is 38.9 Å². The van der Waals surface area contributed by atoms with E-state index in [0.717, 1.165) is 18.6 Å². The van der Waals surface area contributed by atoms with Crippen LogP contribution in [-0.4, -0.2) is 24.3 Å². The lowest BCUT2D eigenvalue weighted by atomic mass is 9.79. The van der Waals surface area contributed by atoms with E-state index >= 15 is 0 Å². The topological polar surface area (TPSA) is 74.5 Å². The standard InChI is InChI=1S/C14H24N2O3/c1-3-14(4-2,7-8-17)11-16-13(18)15-10-12-6-5-9-19-12/h5-6,9,17H,3-4,7-8,10-11H2,1-2H3,(H2,15,16,18). The zero-order chi connectivity index (χ0) is 14.1. The summed E-state index contributed by atoms with van der Waals surface area (Å²) in [7, 11) is 0. The van der Waals surface area contributed by atoms with E-state index < -0.39 is 0 Å². The van der Waals surface area contributed by atoms with E-state index in [2.05, 4.69) is 24.5 Å². The first-order chi connectivity index (χ1) is 9.15. The first-order valence-electron chi connectivity index (χ1n) is 6.80. The van der Waals surface area contributed by atoms with E-state index in [1.807, 2.05) is 6.07 Å². The van der Waals surface area contributed by atoms with Crippen molar-refractivity contribution in [1.82, 2.24) is 10.6 Å². The van der Waals surface area contributed by atoms with Crippen LogP contribution in [0.15, 0.2) is 22.8 Å². The summed E-state index contributed by atoms with van der Waals surface area (Å²) in [5.41, 5.74) is -0.0171. The van der Waals surface area contributed by atoms with Crippen LogP contribution in [0.25, 0.3) is 0 Å². The van der Waals surface area contributed by atoms with Gasteiger partial charge in [-0.3, -0.25) is 0 Å². The summed E-state index contributed by atoms with van der Waals surface area (Å²) in [6.45, 7) is 5.27. The van der Waals surface area contributed by atoms with Gasteiger partial charge in [0.25, 0.3) is 0 Å². The van der Waals surface area contributed by atoms with Gasteiger partial charge in [0.2, 0.25) is 0 Å². The lowest BCUT2D eigenvalue weighted by molar-refractivity contribution is 0.163. The summed E-state index contributed by atoms with van der Waals surface area (Å²) >= 11 is 0. The highest BCUT2D eigenvalue weighted by atomic mass is 16.3. The molecule has 19 heavy (non-hydrogen) atoms. The van der Waals surface area contributed by atoms with E-state index in [0.29, 0.717) is 19.5 Å². The zero-order valence-corrected chi connectivity index (χ0v) is 11.7. The maximum atomic E-state index is 11.7. The van der Waals surface area contributed by atoms with Gasteiger partial charge in [-0.1, -0.05) is 13.8 Å². The second-order valence-corrected chi connectivity index (χ2v) is 4.80. The van der Waals surface area contributed by atoms with Gasteiger partial charge < -0.3 is 20.2 Å². The van der Waals surface area contributed by atoms with Crippen molar-refractivity contribution in [2.24, 2.45) is 5.41 Å². The number of rotatable bonds is 8. The first-order valence-corrected chi connectivity index (χ1v) is 6.80. The zero-order valence-electron chi connectivity index (χ0n) is 11.7. The van der Waals surface area contributed by atoms with Gasteiger partial charge in [0.05, 0.1) is 12.8 Å².